The third kappa shape index (κ3) is 20.0. The van der Waals surface area contributed by atoms with E-state index >= 15 is 0 Å². The summed E-state index contributed by atoms with van der Waals surface area (Å²) < 4.78 is 6.24. The van der Waals surface area contributed by atoms with Crippen molar-refractivity contribution in [3.8, 4) is 24.7 Å². The maximum absolute atomic E-state index is 9.67. The van der Waals surface area contributed by atoms with Gasteiger partial charge >= 0.3 is 0 Å². The molecule has 0 bridgehead atoms. The van der Waals surface area contributed by atoms with E-state index in [1.165, 1.54) is 44.9 Å². The number of terminal acetylenes is 2. The molecule has 2 nitrogen and oxygen atoms in total. The first-order valence-corrected chi connectivity index (χ1v) is 14.7. The first-order chi connectivity index (χ1) is 12.9. The summed E-state index contributed by atoms with van der Waals surface area (Å²) >= 11 is 0. The Bertz CT molecular complexity index is 451. The van der Waals surface area contributed by atoms with Gasteiger partial charge < -0.3 is 9.53 Å². The molecule has 0 aromatic rings. The fourth-order valence-corrected chi connectivity index (χ4v) is 4.95. The lowest BCUT2D eigenvalue weighted by Gasteiger charge is -2.35. The quantitative estimate of drug-likeness (QED) is 0.185. The van der Waals surface area contributed by atoms with Gasteiger partial charge in [0, 0.05) is 12.8 Å². The molecule has 2 atom stereocenters. The topological polar surface area (TPSA) is 29.5 Å². The molecule has 0 fully saturated rings. The van der Waals surface area contributed by atoms with Gasteiger partial charge in [-0.2, -0.15) is 0 Å². The number of hydrogen-bond acceptors (Lipinski definition) is 2. The third-order valence-electron chi connectivity index (χ3n) is 4.64. The SMILES string of the molecule is C#CCC(C)(CCCCCC)O[Si](C)(C)C.C#CCC(C)(O)CCCCCC. The molecule has 3 heteroatoms. The average Bonchev–Trinajstić information content (AvgIpc) is 2.55. The van der Waals surface area contributed by atoms with Gasteiger partial charge in [-0.3, -0.25) is 0 Å². The maximum atomic E-state index is 9.67. The molecule has 1 N–H and O–H groups in total. The first kappa shape index (κ1) is 29.5. The Hall–Kier alpha value is -0.743. The molecule has 0 aliphatic rings. The Morgan fingerprint density at radius 2 is 1.25 bits per heavy atom. The minimum absolute atomic E-state index is 0.0903. The van der Waals surface area contributed by atoms with Gasteiger partial charge in [-0.05, 0) is 46.3 Å². The van der Waals surface area contributed by atoms with Gasteiger partial charge in [0.05, 0.1) is 11.2 Å². The third-order valence-corrected chi connectivity index (χ3v) is 5.74. The molecule has 2 unspecified atom stereocenters. The maximum Gasteiger partial charge on any atom is 0.184 e. The van der Waals surface area contributed by atoms with Gasteiger partial charge in [0.2, 0.25) is 0 Å². The Morgan fingerprint density at radius 1 is 0.786 bits per heavy atom. The van der Waals surface area contributed by atoms with Crippen molar-refractivity contribution in [2.75, 3.05) is 0 Å². The monoisotopic (exact) mass is 408 g/mol. The van der Waals surface area contributed by atoms with Crippen molar-refractivity contribution in [3.05, 3.63) is 0 Å². The van der Waals surface area contributed by atoms with E-state index < -0.39 is 13.9 Å². The molecule has 28 heavy (non-hydrogen) atoms. The lowest BCUT2D eigenvalue weighted by molar-refractivity contribution is 0.0534. The van der Waals surface area contributed by atoms with Crippen LogP contribution < -0.4 is 0 Å². The predicted molar refractivity (Wildman–Crippen MR) is 128 cm³/mol. The van der Waals surface area contributed by atoms with Crippen LogP contribution in [0.2, 0.25) is 19.6 Å². The second kappa shape index (κ2) is 16.1. The molecule has 0 aromatic heterocycles. The van der Waals surface area contributed by atoms with Crippen LogP contribution in [0, 0.1) is 24.7 Å². The van der Waals surface area contributed by atoms with Gasteiger partial charge in [0.25, 0.3) is 0 Å². The van der Waals surface area contributed by atoms with Crippen molar-refractivity contribution in [2.45, 2.75) is 136 Å². The highest BCUT2D eigenvalue weighted by atomic mass is 28.4. The second-order valence-electron chi connectivity index (χ2n) is 9.54. The lowest BCUT2D eigenvalue weighted by atomic mass is 9.95. The van der Waals surface area contributed by atoms with E-state index in [1.54, 1.807) is 0 Å². The van der Waals surface area contributed by atoms with E-state index in [-0.39, 0.29) is 5.60 Å². The number of aliphatic hydroxyl groups is 1. The lowest BCUT2D eigenvalue weighted by Crippen LogP contribution is -2.40. The van der Waals surface area contributed by atoms with Crippen molar-refractivity contribution in [1.29, 1.82) is 0 Å². The minimum Gasteiger partial charge on any atom is -0.411 e. The van der Waals surface area contributed by atoms with Crippen LogP contribution >= 0.6 is 0 Å². The summed E-state index contributed by atoms with van der Waals surface area (Å²) in [6.07, 6.45) is 23.6. The van der Waals surface area contributed by atoms with Crippen LogP contribution in [-0.2, 0) is 4.43 Å². The van der Waals surface area contributed by atoms with Crippen molar-refractivity contribution in [1.82, 2.24) is 0 Å². The van der Waals surface area contributed by atoms with Gasteiger partial charge in [-0.1, -0.05) is 65.2 Å². The zero-order chi connectivity index (χ0) is 22.1. The zero-order valence-corrected chi connectivity index (χ0v) is 21.0. The minimum atomic E-state index is -1.49. The van der Waals surface area contributed by atoms with Crippen LogP contribution in [0.25, 0.3) is 0 Å². The van der Waals surface area contributed by atoms with Crippen LogP contribution in [0.3, 0.4) is 0 Å². The standard InChI is InChI=1S/C14H28OSi.C11H20O/c1-7-9-10-11-13-14(3,12-8-2)15-16(4,5)6;1-4-6-7-8-10-11(3,12)9-5-2/h2H,7,9-13H2,1,3-6H3;2,12H,4,6-10H2,1,3H3. The smallest absolute Gasteiger partial charge is 0.184 e. The Morgan fingerprint density at radius 3 is 1.64 bits per heavy atom. The first-order valence-electron chi connectivity index (χ1n) is 11.2. The Balaban J connectivity index is 0. The second-order valence-corrected chi connectivity index (χ2v) is 14.0. The zero-order valence-electron chi connectivity index (χ0n) is 20.0. The molecular weight excluding hydrogens is 360 g/mol. The molecule has 0 saturated carbocycles. The van der Waals surface area contributed by atoms with Gasteiger partial charge in [-0.25, -0.2) is 0 Å². The number of rotatable bonds is 14. The molecule has 0 aliphatic heterocycles. The van der Waals surface area contributed by atoms with Crippen LogP contribution in [0.4, 0.5) is 0 Å². The Kier molecular flexibility index (Phi) is 16.9. The number of hydrogen-bond donors (Lipinski definition) is 1. The summed E-state index contributed by atoms with van der Waals surface area (Å²) in [7, 11) is -1.49. The summed E-state index contributed by atoms with van der Waals surface area (Å²) in [5, 5.41) is 9.67. The molecule has 0 aliphatic carbocycles. The summed E-state index contributed by atoms with van der Waals surface area (Å²) in [5.41, 5.74) is -0.727. The van der Waals surface area contributed by atoms with E-state index in [0.29, 0.717) is 6.42 Å². The molecule has 0 aromatic carbocycles. The van der Waals surface area contributed by atoms with Crippen molar-refractivity contribution >= 4 is 8.32 Å². The summed E-state index contributed by atoms with van der Waals surface area (Å²) in [6.45, 7) is 15.1. The van der Waals surface area contributed by atoms with Crippen LogP contribution in [0.1, 0.15) is 105 Å². The largest absolute Gasteiger partial charge is 0.411 e. The summed E-state index contributed by atoms with van der Waals surface area (Å²) in [5.74, 6) is 5.27. The van der Waals surface area contributed by atoms with Crippen LogP contribution in [0.5, 0.6) is 0 Å². The highest BCUT2D eigenvalue weighted by Crippen LogP contribution is 2.27. The van der Waals surface area contributed by atoms with Gasteiger partial charge in [0.15, 0.2) is 8.32 Å². The van der Waals surface area contributed by atoms with E-state index in [2.05, 4.69) is 52.3 Å². The van der Waals surface area contributed by atoms with Crippen molar-refractivity contribution in [2.24, 2.45) is 0 Å². The molecule has 0 spiro atoms. The summed E-state index contributed by atoms with van der Waals surface area (Å²) in [6, 6.07) is 0. The molecular formula is C25H48O2Si. The molecule has 0 radical (unpaired) electrons. The van der Waals surface area contributed by atoms with E-state index in [0.717, 1.165) is 25.7 Å². The average molecular weight is 409 g/mol. The summed E-state index contributed by atoms with van der Waals surface area (Å²) in [4.78, 5) is 0. The Labute approximate surface area is 178 Å². The molecule has 0 saturated heterocycles. The fourth-order valence-electron chi connectivity index (χ4n) is 3.30. The molecule has 0 amide bonds. The van der Waals surface area contributed by atoms with E-state index in [1.807, 2.05) is 6.92 Å². The van der Waals surface area contributed by atoms with E-state index in [9.17, 15) is 5.11 Å². The highest BCUT2D eigenvalue weighted by Gasteiger charge is 2.30. The fraction of sp³-hybridized carbons (Fsp3) is 0.840. The van der Waals surface area contributed by atoms with Crippen LogP contribution in [0.15, 0.2) is 0 Å². The van der Waals surface area contributed by atoms with Gasteiger partial charge in [0.1, 0.15) is 0 Å². The molecule has 164 valence electrons. The van der Waals surface area contributed by atoms with Crippen molar-refractivity contribution < 1.29 is 9.53 Å². The number of unbranched alkanes of at least 4 members (excludes halogenated alkanes) is 6. The van der Waals surface area contributed by atoms with Crippen LogP contribution in [-0.4, -0.2) is 24.6 Å². The predicted octanol–water partition coefficient (Wildman–Crippen LogP) is 7.32. The molecule has 0 heterocycles. The highest BCUT2D eigenvalue weighted by molar-refractivity contribution is 6.69. The molecule has 0 rings (SSSR count). The van der Waals surface area contributed by atoms with Gasteiger partial charge in [-0.15, -0.1) is 24.7 Å². The van der Waals surface area contributed by atoms with Crippen molar-refractivity contribution in [3.63, 3.8) is 0 Å². The normalized spacial score (nSPS) is 15.4. The van der Waals surface area contributed by atoms with E-state index in [4.69, 9.17) is 17.3 Å².